The van der Waals surface area contributed by atoms with Gasteiger partial charge in [-0.1, -0.05) is 33.8 Å². The summed E-state index contributed by atoms with van der Waals surface area (Å²) in [5, 5.41) is 0. The van der Waals surface area contributed by atoms with Crippen molar-refractivity contribution in [1.82, 2.24) is 0 Å². The molecule has 66 valence electrons. The first kappa shape index (κ1) is 10.7. The first-order valence-electron chi connectivity index (χ1n) is 4.74. The van der Waals surface area contributed by atoms with Crippen LogP contribution in [0.3, 0.4) is 0 Å². The molecule has 0 N–H and O–H groups in total. The van der Waals surface area contributed by atoms with Gasteiger partial charge in [-0.05, 0) is 30.6 Å². The lowest BCUT2D eigenvalue weighted by Crippen LogP contribution is -2.10. The van der Waals surface area contributed by atoms with Crippen molar-refractivity contribution in [3.05, 3.63) is 12.7 Å². The van der Waals surface area contributed by atoms with Crippen LogP contribution in [0.25, 0.3) is 0 Å². The topological polar surface area (TPSA) is 0 Å². The normalized spacial score (nSPS) is 16.5. The maximum atomic E-state index is 3.86. The summed E-state index contributed by atoms with van der Waals surface area (Å²) in [4.78, 5) is 0. The Morgan fingerprint density at radius 1 is 1.27 bits per heavy atom. The lowest BCUT2D eigenvalue weighted by molar-refractivity contribution is 0.345. The van der Waals surface area contributed by atoms with E-state index in [0.717, 1.165) is 17.8 Å². The van der Waals surface area contributed by atoms with Crippen molar-refractivity contribution in [3.8, 4) is 0 Å². The number of hydrogen-bond donors (Lipinski definition) is 0. The Hall–Kier alpha value is -0.260. The average Bonchev–Trinajstić information content (AvgIpc) is 1.88. The van der Waals surface area contributed by atoms with Gasteiger partial charge in [0.15, 0.2) is 0 Å². The molecule has 0 saturated heterocycles. The van der Waals surface area contributed by atoms with Crippen molar-refractivity contribution in [2.45, 2.75) is 40.5 Å². The first-order chi connectivity index (χ1) is 5.11. The van der Waals surface area contributed by atoms with Crippen LogP contribution < -0.4 is 0 Å². The smallest absolute Gasteiger partial charge is 0.0213 e. The van der Waals surface area contributed by atoms with Crippen molar-refractivity contribution in [3.63, 3.8) is 0 Å². The van der Waals surface area contributed by atoms with E-state index in [1.54, 1.807) is 0 Å². The second-order valence-electron chi connectivity index (χ2n) is 3.91. The molecule has 0 aliphatic carbocycles. The van der Waals surface area contributed by atoms with Crippen LogP contribution in [0.2, 0.25) is 0 Å². The molecule has 2 atom stereocenters. The van der Waals surface area contributed by atoms with Gasteiger partial charge >= 0.3 is 0 Å². The Bertz CT molecular complexity index is 103. The highest BCUT2D eigenvalue weighted by atomic mass is 14.2. The van der Waals surface area contributed by atoms with Crippen molar-refractivity contribution < 1.29 is 0 Å². The maximum Gasteiger partial charge on any atom is -0.0213 e. The summed E-state index contributed by atoms with van der Waals surface area (Å²) in [5.41, 5.74) is 0. The highest BCUT2D eigenvalue weighted by molar-refractivity contribution is 4.82. The van der Waals surface area contributed by atoms with Gasteiger partial charge < -0.3 is 0 Å². The zero-order valence-electron chi connectivity index (χ0n) is 8.43. The van der Waals surface area contributed by atoms with Gasteiger partial charge in [0, 0.05) is 0 Å². The molecule has 11 heavy (non-hydrogen) atoms. The molecule has 0 nitrogen and oxygen atoms in total. The molecule has 0 fully saturated rings. The zero-order valence-corrected chi connectivity index (χ0v) is 8.43. The molecule has 0 radical (unpaired) electrons. The molecule has 0 bridgehead atoms. The van der Waals surface area contributed by atoms with Crippen molar-refractivity contribution >= 4 is 0 Å². The fraction of sp³-hybridized carbons (Fsp3) is 0.818. The van der Waals surface area contributed by atoms with Gasteiger partial charge in [-0.15, -0.1) is 6.58 Å². The predicted octanol–water partition coefficient (Wildman–Crippen LogP) is 3.88. The van der Waals surface area contributed by atoms with E-state index < -0.39 is 0 Å². The molecule has 0 aromatic rings. The van der Waals surface area contributed by atoms with E-state index >= 15 is 0 Å². The Labute approximate surface area is 71.7 Å². The highest BCUT2D eigenvalue weighted by Crippen LogP contribution is 2.23. The second-order valence-corrected chi connectivity index (χ2v) is 3.91. The van der Waals surface area contributed by atoms with Gasteiger partial charge in [-0.2, -0.15) is 0 Å². The summed E-state index contributed by atoms with van der Waals surface area (Å²) in [6, 6.07) is 0. The van der Waals surface area contributed by atoms with Crippen LogP contribution in [-0.2, 0) is 0 Å². The van der Waals surface area contributed by atoms with E-state index in [0.29, 0.717) is 0 Å². The van der Waals surface area contributed by atoms with Gasteiger partial charge in [0.05, 0.1) is 0 Å². The molecular formula is C11H22. The zero-order chi connectivity index (χ0) is 8.85. The molecule has 2 unspecified atom stereocenters. The second kappa shape index (κ2) is 5.40. The van der Waals surface area contributed by atoms with E-state index in [-0.39, 0.29) is 0 Å². The summed E-state index contributed by atoms with van der Waals surface area (Å²) >= 11 is 0. The van der Waals surface area contributed by atoms with E-state index in [4.69, 9.17) is 0 Å². The van der Waals surface area contributed by atoms with Gasteiger partial charge in [0.25, 0.3) is 0 Å². The largest absolute Gasteiger partial charge is 0.103 e. The number of rotatable bonds is 5. The molecule has 0 heteroatoms. The molecule has 0 aromatic heterocycles. The standard InChI is InChI=1S/C11H22/c1-6-11(7-2)10(5)8-9(3)4/h6,9-11H,1,7-8H2,2-5H3. The Morgan fingerprint density at radius 3 is 2.09 bits per heavy atom. The van der Waals surface area contributed by atoms with Gasteiger partial charge in [-0.3, -0.25) is 0 Å². The Kier molecular flexibility index (Phi) is 5.27. The number of hydrogen-bond acceptors (Lipinski definition) is 0. The van der Waals surface area contributed by atoms with Crippen LogP contribution in [0.15, 0.2) is 12.7 Å². The van der Waals surface area contributed by atoms with E-state index in [1.807, 2.05) is 0 Å². The average molecular weight is 154 g/mol. The third-order valence-corrected chi connectivity index (χ3v) is 2.35. The van der Waals surface area contributed by atoms with E-state index in [9.17, 15) is 0 Å². The Balaban J connectivity index is 3.78. The lowest BCUT2D eigenvalue weighted by Gasteiger charge is -2.20. The molecule has 0 aliphatic rings. The minimum absolute atomic E-state index is 0.720. The molecule has 0 heterocycles. The van der Waals surface area contributed by atoms with Gasteiger partial charge in [0.1, 0.15) is 0 Å². The van der Waals surface area contributed by atoms with Crippen LogP contribution in [0.1, 0.15) is 40.5 Å². The predicted molar refractivity (Wildman–Crippen MR) is 52.6 cm³/mol. The molecule has 0 saturated carbocycles. The minimum Gasteiger partial charge on any atom is -0.103 e. The Morgan fingerprint density at radius 2 is 1.82 bits per heavy atom. The van der Waals surface area contributed by atoms with Crippen LogP contribution in [0, 0.1) is 17.8 Å². The molecule has 0 rings (SSSR count). The SMILES string of the molecule is C=CC(CC)C(C)CC(C)C. The lowest BCUT2D eigenvalue weighted by atomic mass is 9.85. The van der Waals surface area contributed by atoms with Crippen LogP contribution in [0.5, 0.6) is 0 Å². The molecule has 0 amide bonds. The summed E-state index contributed by atoms with van der Waals surface area (Å²) in [6.07, 6.45) is 4.66. The molecule has 0 spiro atoms. The highest BCUT2D eigenvalue weighted by Gasteiger charge is 2.12. The summed E-state index contributed by atoms with van der Waals surface area (Å²) in [6.45, 7) is 13.0. The van der Waals surface area contributed by atoms with Crippen LogP contribution in [-0.4, -0.2) is 0 Å². The first-order valence-corrected chi connectivity index (χ1v) is 4.74. The molecular weight excluding hydrogens is 132 g/mol. The third-order valence-electron chi connectivity index (χ3n) is 2.35. The quantitative estimate of drug-likeness (QED) is 0.527. The third kappa shape index (κ3) is 4.23. The van der Waals surface area contributed by atoms with Crippen molar-refractivity contribution in [1.29, 1.82) is 0 Å². The van der Waals surface area contributed by atoms with Crippen LogP contribution >= 0.6 is 0 Å². The van der Waals surface area contributed by atoms with Gasteiger partial charge in [0.2, 0.25) is 0 Å². The number of allylic oxidation sites excluding steroid dienone is 1. The minimum atomic E-state index is 0.720. The summed E-state index contributed by atoms with van der Waals surface area (Å²) in [7, 11) is 0. The van der Waals surface area contributed by atoms with E-state index in [2.05, 4.69) is 40.3 Å². The fourth-order valence-electron chi connectivity index (χ4n) is 1.72. The van der Waals surface area contributed by atoms with Crippen LogP contribution in [0.4, 0.5) is 0 Å². The fourth-order valence-corrected chi connectivity index (χ4v) is 1.72. The molecule has 0 aliphatic heterocycles. The summed E-state index contributed by atoms with van der Waals surface area (Å²) < 4.78 is 0. The van der Waals surface area contributed by atoms with E-state index in [1.165, 1.54) is 12.8 Å². The summed E-state index contributed by atoms with van der Waals surface area (Å²) in [5.74, 6) is 2.34. The van der Waals surface area contributed by atoms with Gasteiger partial charge in [-0.25, -0.2) is 0 Å². The van der Waals surface area contributed by atoms with Crippen molar-refractivity contribution in [2.75, 3.05) is 0 Å². The maximum absolute atomic E-state index is 3.86. The monoisotopic (exact) mass is 154 g/mol. The van der Waals surface area contributed by atoms with Crippen molar-refractivity contribution in [2.24, 2.45) is 17.8 Å². The molecule has 0 aromatic carbocycles.